The molecule has 0 aliphatic heterocycles. The molecule has 0 saturated heterocycles. The molecule has 6 nitrogen and oxygen atoms in total. The van der Waals surface area contributed by atoms with Gasteiger partial charge in [0.2, 0.25) is 0 Å². The molecule has 1 unspecified atom stereocenters. The number of hydrogen-bond donors (Lipinski definition) is 1. The molecule has 0 saturated carbocycles. The summed E-state index contributed by atoms with van der Waals surface area (Å²) in [7, 11) is 3.20. The number of rotatable bonds is 7. The van der Waals surface area contributed by atoms with Crippen LogP contribution in [0.3, 0.4) is 0 Å². The summed E-state index contributed by atoms with van der Waals surface area (Å²) in [4.78, 5) is 26.4. The van der Waals surface area contributed by atoms with Crippen molar-refractivity contribution in [1.82, 2.24) is 10.2 Å². The quantitative estimate of drug-likeness (QED) is 0.564. The molecule has 1 atom stereocenters. The van der Waals surface area contributed by atoms with Gasteiger partial charge in [0, 0.05) is 20.5 Å². The van der Waals surface area contributed by atoms with Gasteiger partial charge in [0.05, 0.1) is 0 Å². The van der Waals surface area contributed by atoms with Gasteiger partial charge in [-0.3, -0.25) is 9.59 Å². The molecule has 98 valence electrons. The molecule has 0 radical (unpaired) electrons. The second-order valence-corrected chi connectivity index (χ2v) is 3.90. The van der Waals surface area contributed by atoms with Crippen LogP contribution in [0, 0.1) is 0 Å². The van der Waals surface area contributed by atoms with E-state index < -0.39 is 12.0 Å². The van der Waals surface area contributed by atoms with Crippen molar-refractivity contribution >= 4 is 12.4 Å². The average Bonchev–Trinajstić information content (AvgIpc) is 2.34. The fraction of sp³-hybridized carbons (Fsp3) is 0.333. The monoisotopic (exact) mass is 252 g/mol. The smallest absolute Gasteiger partial charge is 0.326 e. The molecule has 6 heteroatoms. The van der Waals surface area contributed by atoms with Gasteiger partial charge in [0.15, 0.2) is 6.04 Å². The van der Waals surface area contributed by atoms with Crippen LogP contribution in [0.5, 0.6) is 0 Å². The molecule has 0 spiro atoms. The maximum absolute atomic E-state index is 11.3. The van der Waals surface area contributed by atoms with Gasteiger partial charge in [-0.25, -0.2) is 5.01 Å². The van der Waals surface area contributed by atoms with Crippen LogP contribution in [0.15, 0.2) is 30.3 Å². The molecule has 1 rings (SSSR count). The highest BCUT2D eigenvalue weighted by Gasteiger charge is 2.29. The number of carbonyl (C=O) groups excluding carboxylic acids is 1. The lowest BCUT2D eigenvalue weighted by atomic mass is 10.1. The van der Waals surface area contributed by atoms with Crippen molar-refractivity contribution in [3.8, 4) is 0 Å². The normalized spacial score (nSPS) is 12.4. The van der Waals surface area contributed by atoms with Gasteiger partial charge < -0.3 is 9.94 Å². The molecule has 0 aliphatic carbocycles. The highest BCUT2D eigenvalue weighted by atomic mass is 16.7. The molecule has 0 amide bonds. The lowest BCUT2D eigenvalue weighted by molar-refractivity contribution is -0.263. The van der Waals surface area contributed by atoms with Crippen molar-refractivity contribution in [3.05, 3.63) is 35.9 Å². The van der Waals surface area contributed by atoms with Gasteiger partial charge in [-0.1, -0.05) is 35.5 Å². The van der Waals surface area contributed by atoms with Crippen molar-refractivity contribution < 1.29 is 19.5 Å². The Labute approximate surface area is 105 Å². The summed E-state index contributed by atoms with van der Waals surface area (Å²) in [5, 5.41) is 11.7. The van der Waals surface area contributed by atoms with Gasteiger partial charge in [-0.15, -0.1) is 0 Å². The van der Waals surface area contributed by atoms with E-state index in [-0.39, 0.29) is 12.9 Å². The minimum Gasteiger partial charge on any atom is -0.480 e. The Morgan fingerprint density at radius 1 is 1.39 bits per heavy atom. The van der Waals surface area contributed by atoms with E-state index in [4.69, 9.17) is 4.84 Å². The molecule has 0 bridgehead atoms. The predicted molar refractivity (Wildman–Crippen MR) is 64.2 cm³/mol. The number of benzene rings is 1. The summed E-state index contributed by atoms with van der Waals surface area (Å²) in [5.41, 5.74) is 0.853. The summed E-state index contributed by atoms with van der Waals surface area (Å²) in [5.74, 6) is -1.06. The lowest BCUT2D eigenvalue weighted by Gasteiger charge is -2.30. The van der Waals surface area contributed by atoms with Crippen molar-refractivity contribution in [1.29, 1.82) is 0 Å². The SMILES string of the molecule is CN(C)N(OC=O)C(Cc1ccccc1)C(=O)O. The first-order chi connectivity index (χ1) is 8.56. The Morgan fingerprint density at radius 2 is 2.00 bits per heavy atom. The van der Waals surface area contributed by atoms with Crippen molar-refractivity contribution in [2.45, 2.75) is 12.5 Å². The third kappa shape index (κ3) is 3.83. The maximum Gasteiger partial charge on any atom is 0.326 e. The van der Waals surface area contributed by atoms with E-state index in [2.05, 4.69) is 0 Å². The van der Waals surface area contributed by atoms with Crippen LogP contribution in [0.1, 0.15) is 5.56 Å². The molecule has 0 heterocycles. The number of carboxylic acid groups (broad SMARTS) is 1. The number of hydrazine groups is 1. The average molecular weight is 252 g/mol. The van der Waals surface area contributed by atoms with E-state index in [0.29, 0.717) is 0 Å². The van der Waals surface area contributed by atoms with Crippen LogP contribution < -0.4 is 0 Å². The standard InChI is InChI=1S/C12H16N2O4/c1-13(2)14(18-9-15)11(12(16)17)8-10-6-4-3-5-7-10/h3-7,9,11H,8H2,1-2H3,(H,16,17). The number of carbonyl (C=O) groups is 2. The first kappa shape index (κ1) is 14.1. The Hall–Kier alpha value is -1.92. The summed E-state index contributed by atoms with van der Waals surface area (Å²) in [6, 6.07) is 8.19. The highest BCUT2D eigenvalue weighted by molar-refractivity contribution is 5.73. The summed E-state index contributed by atoms with van der Waals surface area (Å²) >= 11 is 0. The van der Waals surface area contributed by atoms with E-state index >= 15 is 0 Å². The fourth-order valence-corrected chi connectivity index (χ4v) is 1.59. The molecule has 0 fully saturated rings. The van der Waals surface area contributed by atoms with Gasteiger partial charge in [-0.2, -0.15) is 0 Å². The summed E-state index contributed by atoms with van der Waals surface area (Å²) in [6.45, 7) is 0.209. The van der Waals surface area contributed by atoms with Gasteiger partial charge >= 0.3 is 12.4 Å². The molecule has 0 aliphatic rings. The highest BCUT2D eigenvalue weighted by Crippen LogP contribution is 2.10. The zero-order chi connectivity index (χ0) is 13.5. The Bertz CT molecular complexity index is 394. The zero-order valence-corrected chi connectivity index (χ0v) is 10.3. The molecule has 0 aromatic heterocycles. The zero-order valence-electron chi connectivity index (χ0n) is 10.3. The van der Waals surface area contributed by atoms with E-state index in [1.54, 1.807) is 14.1 Å². The van der Waals surface area contributed by atoms with Crippen molar-refractivity contribution in [3.63, 3.8) is 0 Å². The molecule has 1 aromatic rings. The summed E-state index contributed by atoms with van der Waals surface area (Å²) in [6.07, 6.45) is 0.238. The fourth-order valence-electron chi connectivity index (χ4n) is 1.59. The van der Waals surface area contributed by atoms with E-state index in [0.717, 1.165) is 10.7 Å². The van der Waals surface area contributed by atoms with E-state index in [9.17, 15) is 14.7 Å². The van der Waals surface area contributed by atoms with Crippen LogP contribution in [0.25, 0.3) is 0 Å². The van der Waals surface area contributed by atoms with Crippen LogP contribution in [0.2, 0.25) is 0 Å². The minimum absolute atomic E-state index is 0.209. The van der Waals surface area contributed by atoms with E-state index in [1.165, 1.54) is 5.01 Å². The third-order valence-corrected chi connectivity index (χ3v) is 2.37. The largest absolute Gasteiger partial charge is 0.480 e. The molecular weight excluding hydrogens is 236 g/mol. The summed E-state index contributed by atoms with van der Waals surface area (Å²) < 4.78 is 0. The van der Waals surface area contributed by atoms with Crippen LogP contribution in [-0.2, 0) is 20.8 Å². The predicted octanol–water partition coefficient (Wildman–Crippen LogP) is 0.549. The Kier molecular flexibility index (Phi) is 5.29. The maximum atomic E-state index is 11.3. The number of carboxylic acids is 1. The molecule has 1 N–H and O–H groups in total. The molecule has 18 heavy (non-hydrogen) atoms. The first-order valence-electron chi connectivity index (χ1n) is 5.40. The molecule has 1 aromatic carbocycles. The second kappa shape index (κ2) is 6.73. The lowest BCUT2D eigenvalue weighted by Crippen LogP contribution is -2.49. The van der Waals surface area contributed by atoms with Crippen LogP contribution in [0.4, 0.5) is 0 Å². The number of hydroxylamine groups is 1. The van der Waals surface area contributed by atoms with Crippen molar-refractivity contribution in [2.75, 3.05) is 14.1 Å². The van der Waals surface area contributed by atoms with E-state index in [1.807, 2.05) is 30.3 Å². The topological polar surface area (TPSA) is 70.1 Å². The van der Waals surface area contributed by atoms with Gasteiger partial charge in [0.25, 0.3) is 0 Å². The van der Waals surface area contributed by atoms with Gasteiger partial charge in [-0.05, 0) is 5.56 Å². The Balaban J connectivity index is 2.87. The van der Waals surface area contributed by atoms with Crippen LogP contribution >= 0.6 is 0 Å². The number of nitrogens with zero attached hydrogens (tertiary/aromatic N) is 2. The van der Waals surface area contributed by atoms with Gasteiger partial charge in [0.1, 0.15) is 0 Å². The second-order valence-electron chi connectivity index (χ2n) is 3.90. The number of aliphatic carboxylic acids is 1. The molecular formula is C12H16N2O4. The third-order valence-electron chi connectivity index (χ3n) is 2.37. The minimum atomic E-state index is -1.06. The Morgan fingerprint density at radius 3 is 2.44 bits per heavy atom. The van der Waals surface area contributed by atoms with Crippen LogP contribution in [-0.4, -0.2) is 47.9 Å². The first-order valence-corrected chi connectivity index (χ1v) is 5.40. The van der Waals surface area contributed by atoms with Crippen molar-refractivity contribution in [2.24, 2.45) is 0 Å². The number of hydrogen-bond acceptors (Lipinski definition) is 5.